The van der Waals surface area contributed by atoms with E-state index in [1.807, 2.05) is 4.57 Å². The maximum absolute atomic E-state index is 12.7. The quantitative estimate of drug-likeness (QED) is 0.503. The van der Waals surface area contributed by atoms with E-state index in [0.29, 0.717) is 16.9 Å². The molecule has 1 fully saturated rings. The fourth-order valence-electron chi connectivity index (χ4n) is 3.73. The van der Waals surface area contributed by atoms with Crippen molar-refractivity contribution in [2.45, 2.75) is 44.3 Å². The summed E-state index contributed by atoms with van der Waals surface area (Å²) in [7, 11) is 0. The highest BCUT2D eigenvalue weighted by molar-refractivity contribution is 8.00. The number of ether oxygens (including phenoxy) is 1. The van der Waals surface area contributed by atoms with Gasteiger partial charge in [0.05, 0.1) is 17.2 Å². The Kier molecular flexibility index (Phi) is 5.34. The highest BCUT2D eigenvalue weighted by Gasteiger charge is 2.53. The third-order valence-electron chi connectivity index (χ3n) is 5.06. The van der Waals surface area contributed by atoms with Gasteiger partial charge in [-0.15, -0.1) is 11.8 Å². The van der Waals surface area contributed by atoms with Crippen LogP contribution in [0.5, 0.6) is 0 Å². The summed E-state index contributed by atoms with van der Waals surface area (Å²) in [5.74, 6) is -1.61. The zero-order valence-electron chi connectivity index (χ0n) is 17.7. The van der Waals surface area contributed by atoms with Crippen molar-refractivity contribution in [3.63, 3.8) is 0 Å². The SMILES string of the molecule is CC(C)(C)OC(=O)N[C@@H]1C(=O)N2C(C(=O)[O-])=C(Cn3cc[n+]4cc(C#N)ccc34)CS[C@H]12. The number of nitrogens with zero attached hydrogens (tertiary/aromatic N) is 4. The number of carboxylic acid groups (broad SMARTS) is 1. The molecule has 1 saturated heterocycles. The molecule has 0 aromatic carbocycles. The summed E-state index contributed by atoms with van der Waals surface area (Å²) in [4.78, 5) is 37.9. The van der Waals surface area contributed by atoms with E-state index in [1.165, 1.54) is 16.7 Å². The zero-order chi connectivity index (χ0) is 23.2. The molecule has 0 saturated carbocycles. The molecule has 0 spiro atoms. The number of imidazole rings is 1. The van der Waals surface area contributed by atoms with Gasteiger partial charge in [0.25, 0.3) is 11.6 Å². The number of thioether (sulfide) groups is 1. The van der Waals surface area contributed by atoms with E-state index in [-0.39, 0.29) is 12.2 Å². The molecule has 0 aliphatic carbocycles. The van der Waals surface area contributed by atoms with Crippen LogP contribution in [-0.2, 0) is 20.9 Å². The van der Waals surface area contributed by atoms with Crippen molar-refractivity contribution >= 4 is 35.4 Å². The number of carbonyl (C=O) groups is 3. The third-order valence-corrected chi connectivity index (χ3v) is 6.40. The van der Waals surface area contributed by atoms with Crippen LogP contribution in [0.4, 0.5) is 4.79 Å². The van der Waals surface area contributed by atoms with Gasteiger partial charge in [-0.25, -0.2) is 13.8 Å². The molecule has 0 unspecified atom stereocenters. The fourth-order valence-corrected chi connectivity index (χ4v) is 5.07. The van der Waals surface area contributed by atoms with Gasteiger partial charge in [0.15, 0.2) is 0 Å². The standard InChI is InChI=1S/C21H21N5O5S/c1-21(2,3)31-20(30)23-15-17(27)26-16(19(28)29)13(11-32-18(15)26)10-25-7-6-24-9-12(8-22)4-5-14(24)25/h4-7,9,15,18H,10-11H2,1-3H3,(H-,23,28,29,30)/t15-,18-/m1/s1. The van der Waals surface area contributed by atoms with Gasteiger partial charge in [-0.3, -0.25) is 9.69 Å². The van der Waals surface area contributed by atoms with Crippen LogP contribution in [0.2, 0.25) is 0 Å². The van der Waals surface area contributed by atoms with Crippen LogP contribution in [0.1, 0.15) is 26.3 Å². The number of nitriles is 1. The second kappa shape index (κ2) is 7.87. The minimum Gasteiger partial charge on any atom is -0.543 e. The van der Waals surface area contributed by atoms with Gasteiger partial charge in [-0.2, -0.15) is 5.26 Å². The Balaban J connectivity index is 1.57. The van der Waals surface area contributed by atoms with Crippen LogP contribution in [0.15, 0.2) is 42.0 Å². The lowest BCUT2D eigenvalue weighted by Gasteiger charge is -2.50. The number of aliphatic carboxylic acids is 1. The largest absolute Gasteiger partial charge is 0.543 e. The molecule has 2 aromatic rings. The van der Waals surface area contributed by atoms with Crippen molar-refractivity contribution in [1.82, 2.24) is 14.8 Å². The molecule has 2 amide bonds. The molecule has 32 heavy (non-hydrogen) atoms. The Morgan fingerprint density at radius 2 is 2.16 bits per heavy atom. The van der Waals surface area contributed by atoms with E-state index in [1.54, 1.807) is 55.9 Å². The Bertz CT molecular complexity index is 1210. The van der Waals surface area contributed by atoms with E-state index >= 15 is 0 Å². The first-order chi connectivity index (χ1) is 15.1. The molecule has 1 N–H and O–H groups in total. The van der Waals surface area contributed by atoms with Gasteiger partial charge in [-0.1, -0.05) is 0 Å². The van der Waals surface area contributed by atoms with Crippen LogP contribution >= 0.6 is 11.8 Å². The molecule has 2 atom stereocenters. The topological polar surface area (TPSA) is 132 Å². The number of β-lactam (4-membered cyclic amide) rings is 1. The number of carbonyl (C=O) groups excluding carboxylic acids is 3. The zero-order valence-corrected chi connectivity index (χ0v) is 18.5. The second-order valence-electron chi connectivity index (χ2n) is 8.49. The average Bonchev–Trinajstić information content (AvgIpc) is 3.12. The van der Waals surface area contributed by atoms with Crippen LogP contribution < -0.4 is 14.8 Å². The monoisotopic (exact) mass is 455 g/mol. The van der Waals surface area contributed by atoms with Crippen molar-refractivity contribution in [3.05, 3.63) is 47.6 Å². The van der Waals surface area contributed by atoms with E-state index in [9.17, 15) is 19.5 Å². The molecule has 2 aliphatic rings. The van der Waals surface area contributed by atoms with Crippen LogP contribution in [-0.4, -0.2) is 50.2 Å². The summed E-state index contributed by atoms with van der Waals surface area (Å²) in [6, 6.07) is 4.66. The number of nitrogens with one attached hydrogen (secondary N) is 1. The second-order valence-corrected chi connectivity index (χ2v) is 9.60. The number of hydrogen-bond acceptors (Lipinski definition) is 7. The smallest absolute Gasteiger partial charge is 0.408 e. The van der Waals surface area contributed by atoms with Gasteiger partial charge < -0.3 is 20.0 Å². The maximum Gasteiger partial charge on any atom is 0.408 e. The highest BCUT2D eigenvalue weighted by Crippen LogP contribution is 2.40. The van der Waals surface area contributed by atoms with Crippen molar-refractivity contribution in [1.29, 1.82) is 5.26 Å². The summed E-state index contributed by atoms with van der Waals surface area (Å²) in [6.07, 6.45) is 4.49. The summed E-state index contributed by atoms with van der Waals surface area (Å²) >= 11 is 1.37. The highest BCUT2D eigenvalue weighted by atomic mass is 32.2. The van der Waals surface area contributed by atoms with Gasteiger partial charge in [0, 0.05) is 17.4 Å². The number of carboxylic acids is 1. The maximum atomic E-state index is 12.7. The van der Waals surface area contributed by atoms with Crippen molar-refractivity contribution in [3.8, 4) is 6.07 Å². The number of aromatic nitrogens is 2. The predicted octanol–water partition coefficient (Wildman–Crippen LogP) is -0.0891. The normalized spacial score (nSPS) is 20.4. The summed E-state index contributed by atoms with van der Waals surface area (Å²) in [6.45, 7) is 5.37. The van der Waals surface area contributed by atoms with Crippen LogP contribution in [0.3, 0.4) is 0 Å². The molecule has 4 heterocycles. The van der Waals surface area contributed by atoms with E-state index < -0.39 is 35.0 Å². The number of amides is 2. The summed E-state index contributed by atoms with van der Waals surface area (Å²) in [5, 5.41) is 23.0. The number of alkyl carbamates (subject to hydrolysis) is 1. The van der Waals surface area contributed by atoms with Gasteiger partial charge >= 0.3 is 6.09 Å². The van der Waals surface area contributed by atoms with Crippen LogP contribution in [0.25, 0.3) is 5.65 Å². The number of pyridine rings is 1. The number of rotatable bonds is 4. The Hall–Kier alpha value is -3.52. The summed E-state index contributed by atoms with van der Waals surface area (Å²) in [5.41, 5.74) is 0.908. The lowest BCUT2D eigenvalue weighted by atomic mass is 10.0. The first-order valence-corrected chi connectivity index (χ1v) is 10.9. The summed E-state index contributed by atoms with van der Waals surface area (Å²) < 4.78 is 8.80. The third kappa shape index (κ3) is 3.89. The molecule has 2 aliphatic heterocycles. The van der Waals surface area contributed by atoms with Gasteiger partial charge in [0.1, 0.15) is 48.2 Å². The molecular formula is C21H21N5O5S. The van der Waals surface area contributed by atoms with Crippen molar-refractivity contribution < 1.29 is 28.6 Å². The van der Waals surface area contributed by atoms with Gasteiger partial charge in [0.2, 0.25) is 0 Å². The molecule has 0 bridgehead atoms. The molecule has 2 aromatic heterocycles. The Morgan fingerprint density at radius 3 is 2.81 bits per heavy atom. The van der Waals surface area contributed by atoms with Crippen molar-refractivity contribution in [2.75, 3.05) is 5.75 Å². The van der Waals surface area contributed by atoms with E-state index in [2.05, 4.69) is 11.4 Å². The lowest BCUT2D eigenvalue weighted by molar-refractivity contribution is -0.510. The molecule has 0 radical (unpaired) electrons. The van der Waals surface area contributed by atoms with E-state index in [4.69, 9.17) is 10.00 Å². The molecule has 11 heteroatoms. The Labute approximate surface area is 188 Å². The van der Waals surface area contributed by atoms with E-state index in [0.717, 1.165) is 5.65 Å². The first kappa shape index (κ1) is 21.7. The molecular weight excluding hydrogens is 434 g/mol. The number of hydrogen-bond donors (Lipinski definition) is 1. The molecule has 10 nitrogen and oxygen atoms in total. The number of fused-ring (bicyclic) bond motifs is 2. The minimum atomic E-state index is -1.44. The first-order valence-electron chi connectivity index (χ1n) is 9.87. The molecule has 4 rings (SSSR count). The lowest BCUT2D eigenvalue weighted by Crippen LogP contribution is -2.71. The Morgan fingerprint density at radius 1 is 1.41 bits per heavy atom. The van der Waals surface area contributed by atoms with Crippen LogP contribution in [0, 0.1) is 11.3 Å². The fraction of sp³-hybridized carbons (Fsp3) is 0.381. The molecule has 166 valence electrons. The predicted molar refractivity (Wildman–Crippen MR) is 111 cm³/mol. The minimum absolute atomic E-state index is 0.165. The van der Waals surface area contributed by atoms with Crippen molar-refractivity contribution in [2.24, 2.45) is 0 Å². The van der Waals surface area contributed by atoms with Gasteiger partial charge in [-0.05, 0) is 26.8 Å². The average molecular weight is 455 g/mol.